The number of aryl methyl sites for hydroxylation is 1. The molecule has 3 aromatic carbocycles. The molecule has 6 rings (SSSR count). The van der Waals surface area contributed by atoms with E-state index in [1.807, 2.05) is 0 Å². The van der Waals surface area contributed by atoms with Crippen LogP contribution < -0.4 is 4.74 Å². The summed E-state index contributed by atoms with van der Waals surface area (Å²) in [6.07, 6.45) is 2.07. The Hall–Kier alpha value is -3.24. The highest BCUT2D eigenvalue weighted by atomic mass is 32.2. The van der Waals surface area contributed by atoms with E-state index in [1.165, 1.54) is 33.5 Å². The van der Waals surface area contributed by atoms with E-state index in [0.29, 0.717) is 0 Å². The first-order chi connectivity index (χ1) is 15.3. The highest BCUT2D eigenvalue weighted by molar-refractivity contribution is 8.16. The van der Waals surface area contributed by atoms with Gasteiger partial charge in [-0.2, -0.15) is 0 Å². The van der Waals surface area contributed by atoms with Gasteiger partial charge in [0.15, 0.2) is 5.17 Å². The molecular weight excluding hydrogens is 400 g/mol. The van der Waals surface area contributed by atoms with Crippen LogP contribution in [0.5, 0.6) is 5.75 Å². The van der Waals surface area contributed by atoms with Gasteiger partial charge in [0, 0.05) is 11.0 Å². The van der Waals surface area contributed by atoms with E-state index in [9.17, 15) is 0 Å². The number of fused-ring (bicyclic) bond motifs is 3. The molecule has 0 spiro atoms. The average molecular weight is 423 g/mol. The third kappa shape index (κ3) is 3.02. The van der Waals surface area contributed by atoms with E-state index in [0.717, 1.165) is 29.5 Å². The molecule has 1 aliphatic carbocycles. The van der Waals surface area contributed by atoms with Crippen LogP contribution in [0.15, 0.2) is 94.8 Å². The van der Waals surface area contributed by atoms with Crippen LogP contribution in [0.1, 0.15) is 34.7 Å². The van der Waals surface area contributed by atoms with Crippen molar-refractivity contribution in [1.82, 2.24) is 4.90 Å². The highest BCUT2D eigenvalue weighted by Crippen LogP contribution is 2.51. The summed E-state index contributed by atoms with van der Waals surface area (Å²) < 4.78 is 5.42. The predicted molar refractivity (Wildman–Crippen MR) is 129 cm³/mol. The Labute approximate surface area is 186 Å². The molecule has 3 aliphatic rings. The van der Waals surface area contributed by atoms with E-state index in [4.69, 9.17) is 9.73 Å². The summed E-state index contributed by atoms with van der Waals surface area (Å²) in [7, 11) is 1.71. The molecule has 2 heterocycles. The Morgan fingerprint density at radius 1 is 0.903 bits per heavy atom. The Balaban J connectivity index is 1.53. The van der Waals surface area contributed by atoms with E-state index in [-0.39, 0.29) is 6.04 Å². The summed E-state index contributed by atoms with van der Waals surface area (Å²) in [5.74, 6) is 0.881. The van der Waals surface area contributed by atoms with Gasteiger partial charge in [0.25, 0.3) is 0 Å². The lowest BCUT2D eigenvalue weighted by atomic mass is 9.82. The smallest absolute Gasteiger partial charge is 0.174 e. The van der Waals surface area contributed by atoms with Gasteiger partial charge in [0.05, 0.1) is 24.5 Å². The Morgan fingerprint density at radius 2 is 1.68 bits per heavy atom. The maximum absolute atomic E-state index is 5.42. The van der Waals surface area contributed by atoms with Crippen molar-refractivity contribution in [2.24, 2.45) is 4.99 Å². The first kappa shape index (κ1) is 18.5. The van der Waals surface area contributed by atoms with Crippen molar-refractivity contribution < 1.29 is 4.74 Å². The fourth-order valence-electron chi connectivity index (χ4n) is 4.79. The van der Waals surface area contributed by atoms with Crippen LogP contribution >= 0.6 is 11.8 Å². The number of benzene rings is 3. The number of hydrogen-bond acceptors (Lipinski definition) is 4. The zero-order valence-corrected chi connectivity index (χ0v) is 18.1. The van der Waals surface area contributed by atoms with Crippen LogP contribution in [0.4, 0.5) is 0 Å². The zero-order valence-electron chi connectivity index (χ0n) is 17.3. The SMILES string of the molecule is COc1ccc(C2C3=C(N=C4SC=C(c5ccccc5)N42)c2ccccc2CC3)cc1. The summed E-state index contributed by atoms with van der Waals surface area (Å²) in [6, 6.07) is 28.0. The second kappa shape index (κ2) is 7.47. The van der Waals surface area contributed by atoms with Crippen LogP contribution in [0.2, 0.25) is 0 Å². The van der Waals surface area contributed by atoms with Crippen LogP contribution in [0, 0.1) is 0 Å². The van der Waals surface area contributed by atoms with E-state index >= 15 is 0 Å². The van der Waals surface area contributed by atoms with Crippen molar-refractivity contribution in [2.45, 2.75) is 18.9 Å². The fourth-order valence-corrected chi connectivity index (χ4v) is 5.72. The fraction of sp³-hybridized carbons (Fsp3) is 0.148. The van der Waals surface area contributed by atoms with Crippen molar-refractivity contribution in [1.29, 1.82) is 0 Å². The van der Waals surface area contributed by atoms with Gasteiger partial charge in [-0.3, -0.25) is 0 Å². The molecule has 0 saturated carbocycles. The summed E-state index contributed by atoms with van der Waals surface area (Å²) in [5.41, 5.74) is 8.94. The monoisotopic (exact) mass is 422 g/mol. The van der Waals surface area contributed by atoms with Crippen molar-refractivity contribution in [3.8, 4) is 5.75 Å². The van der Waals surface area contributed by atoms with Gasteiger partial charge in [-0.1, -0.05) is 78.5 Å². The maximum atomic E-state index is 5.42. The molecule has 31 heavy (non-hydrogen) atoms. The number of rotatable bonds is 3. The molecule has 2 aliphatic heterocycles. The van der Waals surface area contributed by atoms with E-state index in [1.54, 1.807) is 18.9 Å². The van der Waals surface area contributed by atoms with Gasteiger partial charge in [-0.25, -0.2) is 4.99 Å². The van der Waals surface area contributed by atoms with Crippen LogP contribution in [-0.2, 0) is 6.42 Å². The first-order valence-electron chi connectivity index (χ1n) is 10.6. The lowest BCUT2D eigenvalue weighted by Gasteiger charge is -2.39. The topological polar surface area (TPSA) is 24.8 Å². The summed E-state index contributed by atoms with van der Waals surface area (Å²) in [4.78, 5) is 7.63. The molecule has 152 valence electrons. The minimum atomic E-state index is 0.128. The van der Waals surface area contributed by atoms with Crippen molar-refractivity contribution >= 4 is 28.3 Å². The number of amidine groups is 1. The molecular formula is C27H22N2OS. The van der Waals surface area contributed by atoms with Crippen molar-refractivity contribution in [3.05, 3.63) is 112 Å². The zero-order chi connectivity index (χ0) is 20.8. The largest absolute Gasteiger partial charge is 0.497 e. The summed E-state index contributed by atoms with van der Waals surface area (Å²) in [6.45, 7) is 0. The van der Waals surface area contributed by atoms with Crippen molar-refractivity contribution in [2.75, 3.05) is 7.11 Å². The molecule has 0 saturated heterocycles. The molecule has 3 aromatic rings. The van der Waals surface area contributed by atoms with E-state index < -0.39 is 0 Å². The number of nitrogens with zero attached hydrogens (tertiary/aromatic N) is 2. The molecule has 0 radical (unpaired) electrons. The Bertz CT molecular complexity index is 1240. The minimum absolute atomic E-state index is 0.128. The number of methoxy groups -OCH3 is 1. The van der Waals surface area contributed by atoms with Gasteiger partial charge >= 0.3 is 0 Å². The molecule has 0 fully saturated rings. The van der Waals surface area contributed by atoms with Gasteiger partial charge < -0.3 is 9.64 Å². The third-order valence-electron chi connectivity index (χ3n) is 6.28. The quantitative estimate of drug-likeness (QED) is 0.481. The third-order valence-corrected chi connectivity index (χ3v) is 7.12. The molecule has 0 aromatic heterocycles. The van der Waals surface area contributed by atoms with Gasteiger partial charge in [-0.05, 0) is 47.2 Å². The molecule has 3 nitrogen and oxygen atoms in total. The van der Waals surface area contributed by atoms with Crippen LogP contribution in [0.3, 0.4) is 0 Å². The summed E-state index contributed by atoms with van der Waals surface area (Å²) >= 11 is 1.72. The van der Waals surface area contributed by atoms with Crippen LogP contribution in [-0.4, -0.2) is 17.2 Å². The van der Waals surface area contributed by atoms with Gasteiger partial charge in [-0.15, -0.1) is 0 Å². The maximum Gasteiger partial charge on any atom is 0.174 e. The lowest BCUT2D eigenvalue weighted by molar-refractivity contribution is 0.413. The predicted octanol–water partition coefficient (Wildman–Crippen LogP) is 6.51. The van der Waals surface area contributed by atoms with Crippen molar-refractivity contribution in [3.63, 3.8) is 0 Å². The van der Waals surface area contributed by atoms with E-state index in [2.05, 4.69) is 89.2 Å². The normalized spacial score (nSPS) is 19.3. The first-order valence-corrected chi connectivity index (χ1v) is 11.5. The number of aliphatic imine (C=N–C) groups is 1. The van der Waals surface area contributed by atoms with Crippen LogP contribution in [0.25, 0.3) is 11.4 Å². The number of ether oxygens (including phenoxy) is 1. The van der Waals surface area contributed by atoms with Gasteiger partial charge in [0.2, 0.25) is 0 Å². The minimum Gasteiger partial charge on any atom is -0.497 e. The number of hydrogen-bond donors (Lipinski definition) is 0. The molecule has 0 bridgehead atoms. The lowest BCUT2D eigenvalue weighted by Crippen LogP contribution is -2.34. The Kier molecular flexibility index (Phi) is 4.46. The second-order valence-electron chi connectivity index (χ2n) is 7.96. The average Bonchev–Trinajstić information content (AvgIpc) is 3.27. The molecule has 4 heteroatoms. The summed E-state index contributed by atoms with van der Waals surface area (Å²) in [5, 5.41) is 3.30. The van der Waals surface area contributed by atoms with Gasteiger partial charge in [0.1, 0.15) is 5.75 Å². The standard InChI is InChI=1S/C27H22N2OS/c1-30-21-14-11-20(12-15-21)26-23-16-13-18-7-5-6-10-22(18)25(23)28-27-29(26)24(17-31-27)19-8-3-2-4-9-19/h2-12,14-15,17,26H,13,16H2,1H3. The molecule has 1 atom stereocenters. The molecule has 0 amide bonds. The number of thioether (sulfide) groups is 1. The Morgan fingerprint density at radius 3 is 2.48 bits per heavy atom. The molecule has 0 N–H and O–H groups in total. The highest BCUT2D eigenvalue weighted by Gasteiger charge is 2.40. The molecule has 1 unspecified atom stereocenters. The second-order valence-corrected chi connectivity index (χ2v) is 8.79.